The molecule has 0 aliphatic carbocycles. The van der Waals surface area contributed by atoms with Gasteiger partial charge in [0.25, 0.3) is 5.91 Å². The van der Waals surface area contributed by atoms with Gasteiger partial charge in [-0.15, -0.1) is 0 Å². The van der Waals surface area contributed by atoms with E-state index in [0.29, 0.717) is 32.3 Å². The minimum absolute atomic E-state index is 0.0499. The first-order chi connectivity index (χ1) is 15.0. The molecule has 1 N–H and O–H groups in total. The molecule has 2 aliphatic rings. The molecule has 5 rings (SSSR count). The van der Waals surface area contributed by atoms with Gasteiger partial charge in [0.15, 0.2) is 5.17 Å². The van der Waals surface area contributed by atoms with Gasteiger partial charge in [-0.05, 0) is 35.9 Å². The Bertz CT molecular complexity index is 1330. The van der Waals surface area contributed by atoms with E-state index in [2.05, 4.69) is 4.99 Å². The van der Waals surface area contributed by atoms with Gasteiger partial charge in [-0.3, -0.25) is 15.1 Å². The summed E-state index contributed by atoms with van der Waals surface area (Å²) in [7, 11) is 0. The van der Waals surface area contributed by atoms with Crippen molar-refractivity contribution in [1.29, 1.82) is 5.41 Å². The van der Waals surface area contributed by atoms with Gasteiger partial charge in [0.1, 0.15) is 17.4 Å². The fraction of sp³-hybridized carbons (Fsp3) is 0. The predicted molar refractivity (Wildman–Crippen MR) is 126 cm³/mol. The lowest BCUT2D eigenvalue weighted by atomic mass is 10.1. The number of thioether (sulfide) groups is 1. The molecule has 8 heteroatoms. The van der Waals surface area contributed by atoms with E-state index in [-0.39, 0.29) is 11.4 Å². The highest BCUT2D eigenvalue weighted by Crippen LogP contribution is 2.38. The number of rotatable bonds is 3. The van der Waals surface area contributed by atoms with Crippen LogP contribution in [0.4, 0.5) is 0 Å². The number of nitrogens with zero attached hydrogens (tertiary/aromatic N) is 2. The molecule has 152 valence electrons. The lowest BCUT2D eigenvalue weighted by Gasteiger charge is -2.26. The average Bonchev–Trinajstić information content (AvgIpc) is 3.41. The quantitative estimate of drug-likeness (QED) is 0.444. The number of aliphatic imine (C=N–C) groups is 1. The Labute approximate surface area is 192 Å². The molecule has 3 heterocycles. The smallest absolute Gasteiger partial charge is 0.283 e. The summed E-state index contributed by atoms with van der Waals surface area (Å²) in [5.41, 5.74) is 2.54. The molecule has 1 aromatic heterocycles. The third-order valence-electron chi connectivity index (χ3n) is 4.81. The van der Waals surface area contributed by atoms with Crippen LogP contribution in [0.25, 0.3) is 23.1 Å². The largest absolute Gasteiger partial charge is 0.457 e. The van der Waals surface area contributed by atoms with Crippen molar-refractivity contribution < 1.29 is 9.21 Å². The van der Waals surface area contributed by atoms with Crippen LogP contribution in [0.1, 0.15) is 11.3 Å². The zero-order chi connectivity index (χ0) is 21.5. The molecule has 0 saturated carbocycles. The number of nitrogens with one attached hydrogen (secondary N) is 1. The average molecular weight is 466 g/mol. The predicted octanol–water partition coefficient (Wildman–Crippen LogP) is 6.56. The van der Waals surface area contributed by atoms with Gasteiger partial charge in [-0.2, -0.15) is 4.99 Å². The summed E-state index contributed by atoms with van der Waals surface area (Å²) < 4.78 is 5.87. The molecule has 0 spiro atoms. The monoisotopic (exact) mass is 465 g/mol. The van der Waals surface area contributed by atoms with Gasteiger partial charge in [0.2, 0.25) is 0 Å². The Morgan fingerprint density at radius 2 is 1.84 bits per heavy atom. The van der Waals surface area contributed by atoms with Gasteiger partial charge >= 0.3 is 0 Å². The van der Waals surface area contributed by atoms with Crippen molar-refractivity contribution in [1.82, 2.24) is 4.90 Å². The number of hydrogen-bond acceptors (Lipinski definition) is 4. The van der Waals surface area contributed by atoms with Crippen LogP contribution in [-0.4, -0.2) is 21.8 Å². The maximum atomic E-state index is 12.6. The topological polar surface area (TPSA) is 69.7 Å². The van der Waals surface area contributed by atoms with Crippen molar-refractivity contribution >= 4 is 63.6 Å². The standard InChI is InChI=1S/C23H13Cl2N3O2S/c24-17-8-4-7-15(20(17)25)19-10-9-14(30-19)11-16-21(26)28-18(13-5-2-1-3-6-13)12-31-23(28)27-22(16)29/h1-12,26H/b16-11-,26-21?. The fourth-order valence-electron chi connectivity index (χ4n) is 3.33. The fourth-order valence-corrected chi connectivity index (χ4v) is 4.61. The Morgan fingerprint density at radius 1 is 1.03 bits per heavy atom. The number of fused-ring (bicyclic) bond motifs is 1. The van der Waals surface area contributed by atoms with E-state index in [1.165, 1.54) is 17.8 Å². The normalized spacial score (nSPS) is 17.1. The van der Waals surface area contributed by atoms with Crippen LogP contribution in [0.5, 0.6) is 0 Å². The molecule has 0 atom stereocenters. The van der Waals surface area contributed by atoms with E-state index in [1.54, 1.807) is 35.2 Å². The van der Waals surface area contributed by atoms with Crippen molar-refractivity contribution in [2.75, 3.05) is 0 Å². The van der Waals surface area contributed by atoms with Crippen LogP contribution in [0.3, 0.4) is 0 Å². The van der Waals surface area contributed by atoms with E-state index < -0.39 is 5.91 Å². The second kappa shape index (κ2) is 7.89. The van der Waals surface area contributed by atoms with Crippen molar-refractivity contribution in [3.05, 3.63) is 93.0 Å². The van der Waals surface area contributed by atoms with Gasteiger partial charge in [0.05, 0.1) is 21.3 Å². The highest BCUT2D eigenvalue weighted by molar-refractivity contribution is 8.17. The number of furan rings is 1. The number of amidine groups is 2. The summed E-state index contributed by atoms with van der Waals surface area (Å²) in [5, 5.41) is 11.9. The Kier molecular flexibility index (Phi) is 5.06. The van der Waals surface area contributed by atoms with Crippen molar-refractivity contribution in [2.24, 2.45) is 4.99 Å². The van der Waals surface area contributed by atoms with Gasteiger partial charge in [0, 0.05) is 11.0 Å². The van der Waals surface area contributed by atoms with Crippen LogP contribution < -0.4 is 0 Å². The SMILES string of the molecule is N=C1/C(=C/c2ccc(-c3cccc(Cl)c3Cl)o2)C(=O)N=C2SC=C(c3ccccc3)N12. The number of halogens is 2. The molecule has 1 amide bonds. The van der Waals surface area contributed by atoms with Gasteiger partial charge < -0.3 is 4.42 Å². The first kappa shape index (κ1) is 19.9. The highest BCUT2D eigenvalue weighted by atomic mass is 35.5. The van der Waals surface area contributed by atoms with Crippen LogP contribution in [0.15, 0.2) is 81.1 Å². The van der Waals surface area contributed by atoms with E-state index in [9.17, 15) is 4.79 Å². The molecule has 0 bridgehead atoms. The van der Waals surface area contributed by atoms with E-state index >= 15 is 0 Å². The van der Waals surface area contributed by atoms with Crippen molar-refractivity contribution in [3.8, 4) is 11.3 Å². The number of hydrogen-bond donors (Lipinski definition) is 1. The number of benzene rings is 2. The minimum atomic E-state index is -0.481. The Hall–Kier alpha value is -3.06. The molecule has 3 aromatic rings. The zero-order valence-corrected chi connectivity index (χ0v) is 18.1. The second-order valence-corrected chi connectivity index (χ2v) is 8.35. The molecule has 0 unspecified atom stereocenters. The van der Waals surface area contributed by atoms with E-state index in [1.807, 2.05) is 35.7 Å². The number of carbonyl (C=O) groups is 1. The van der Waals surface area contributed by atoms with E-state index in [4.69, 9.17) is 33.0 Å². The summed E-state index contributed by atoms with van der Waals surface area (Å²) in [5.74, 6) is 0.494. The van der Waals surface area contributed by atoms with Crippen LogP contribution in [0.2, 0.25) is 10.0 Å². The maximum absolute atomic E-state index is 12.6. The Balaban J connectivity index is 1.50. The maximum Gasteiger partial charge on any atom is 0.283 e. The summed E-state index contributed by atoms with van der Waals surface area (Å²) in [6.07, 6.45) is 1.53. The summed E-state index contributed by atoms with van der Waals surface area (Å²) >= 11 is 13.7. The van der Waals surface area contributed by atoms with Crippen LogP contribution >= 0.6 is 35.0 Å². The second-order valence-electron chi connectivity index (χ2n) is 6.73. The van der Waals surface area contributed by atoms with Crippen molar-refractivity contribution in [3.63, 3.8) is 0 Å². The summed E-state index contributed by atoms with van der Waals surface area (Å²) in [6.45, 7) is 0. The molecular formula is C23H13Cl2N3O2S. The van der Waals surface area contributed by atoms with Gasteiger partial charge in [-0.25, -0.2) is 0 Å². The minimum Gasteiger partial charge on any atom is -0.457 e. The Morgan fingerprint density at radius 3 is 2.65 bits per heavy atom. The first-order valence-corrected chi connectivity index (χ1v) is 10.9. The summed E-state index contributed by atoms with van der Waals surface area (Å²) in [6, 6.07) is 18.4. The lowest BCUT2D eigenvalue weighted by Crippen LogP contribution is -2.37. The third kappa shape index (κ3) is 3.53. The zero-order valence-electron chi connectivity index (χ0n) is 15.8. The van der Waals surface area contributed by atoms with E-state index in [0.717, 1.165) is 11.3 Å². The number of amides is 1. The van der Waals surface area contributed by atoms with Crippen molar-refractivity contribution in [2.45, 2.75) is 0 Å². The number of carbonyl (C=O) groups excluding carboxylic acids is 1. The first-order valence-electron chi connectivity index (χ1n) is 9.23. The molecule has 2 aliphatic heterocycles. The molecule has 2 aromatic carbocycles. The van der Waals surface area contributed by atoms with Crippen LogP contribution in [-0.2, 0) is 4.79 Å². The molecule has 0 saturated heterocycles. The molecule has 31 heavy (non-hydrogen) atoms. The molecule has 0 fully saturated rings. The highest BCUT2D eigenvalue weighted by Gasteiger charge is 2.36. The van der Waals surface area contributed by atoms with Crippen LogP contribution in [0, 0.1) is 5.41 Å². The lowest BCUT2D eigenvalue weighted by molar-refractivity contribution is -0.114. The van der Waals surface area contributed by atoms with Gasteiger partial charge in [-0.1, -0.05) is 71.4 Å². The summed E-state index contributed by atoms with van der Waals surface area (Å²) in [4.78, 5) is 18.5. The molecule has 0 radical (unpaired) electrons. The third-order valence-corrected chi connectivity index (χ3v) is 6.46. The molecular weight excluding hydrogens is 453 g/mol. The molecule has 5 nitrogen and oxygen atoms in total.